The van der Waals surface area contributed by atoms with Crippen LogP contribution in [0.15, 0.2) is 82.6 Å². The number of rotatable bonds is 3. The van der Waals surface area contributed by atoms with Gasteiger partial charge in [0.25, 0.3) is 5.56 Å². The fraction of sp³-hybridized carbons (Fsp3) is 0.0435. The van der Waals surface area contributed by atoms with E-state index in [0.717, 1.165) is 11.3 Å². The second-order valence-electron chi connectivity index (χ2n) is 6.45. The number of para-hydroxylation sites is 1. The summed E-state index contributed by atoms with van der Waals surface area (Å²) in [5.41, 5.74) is 2.46. The number of aryl methyl sites for hydroxylation is 1. The molecule has 1 N–H and O–H groups in total. The van der Waals surface area contributed by atoms with Gasteiger partial charge in [-0.2, -0.15) is 0 Å². The zero-order chi connectivity index (χ0) is 19.7. The van der Waals surface area contributed by atoms with E-state index in [2.05, 4.69) is 4.99 Å². The van der Waals surface area contributed by atoms with Crippen molar-refractivity contribution in [2.45, 2.75) is 6.92 Å². The zero-order valence-electron chi connectivity index (χ0n) is 15.1. The van der Waals surface area contributed by atoms with E-state index >= 15 is 0 Å². The molecule has 0 amide bonds. The lowest BCUT2D eigenvalue weighted by Crippen LogP contribution is -2.20. The third-order valence-corrected chi connectivity index (χ3v) is 4.85. The molecule has 0 saturated heterocycles. The van der Waals surface area contributed by atoms with E-state index in [1.807, 2.05) is 37.3 Å². The number of hydrogen-bond donors (Lipinski definition) is 1. The molecule has 5 heteroatoms. The molecule has 1 heterocycles. The lowest BCUT2D eigenvalue weighted by molar-refractivity contribution is 0.436. The van der Waals surface area contributed by atoms with Gasteiger partial charge in [0.05, 0.1) is 16.9 Å². The smallest absolute Gasteiger partial charge is 0.265 e. The first-order chi connectivity index (χ1) is 13.6. The van der Waals surface area contributed by atoms with Crippen molar-refractivity contribution in [3.63, 3.8) is 0 Å². The van der Waals surface area contributed by atoms with Gasteiger partial charge in [0.1, 0.15) is 0 Å². The van der Waals surface area contributed by atoms with E-state index < -0.39 is 0 Å². The van der Waals surface area contributed by atoms with Crippen LogP contribution in [-0.2, 0) is 0 Å². The molecular formula is C23H17ClN2O2. The Morgan fingerprint density at radius 2 is 1.68 bits per heavy atom. The zero-order valence-corrected chi connectivity index (χ0v) is 15.9. The van der Waals surface area contributed by atoms with Crippen molar-refractivity contribution in [3.8, 4) is 11.6 Å². The van der Waals surface area contributed by atoms with Crippen LogP contribution in [0.25, 0.3) is 16.5 Å². The molecule has 0 atom stereocenters. The van der Waals surface area contributed by atoms with Gasteiger partial charge in [0.2, 0.25) is 5.88 Å². The summed E-state index contributed by atoms with van der Waals surface area (Å²) in [6.45, 7) is 1.97. The van der Waals surface area contributed by atoms with Crippen LogP contribution < -0.4 is 5.56 Å². The fourth-order valence-electron chi connectivity index (χ4n) is 3.19. The molecule has 4 aromatic rings. The standard InChI is InChI=1S/C23H17ClN2O2/c1-15-7-2-5-12-21(15)25-14-20-18-10-3-4-11-19(18)22(27)26(23(20)28)17-9-6-8-16(24)13-17/h2-14,28H,1H3. The highest BCUT2D eigenvalue weighted by atomic mass is 35.5. The van der Waals surface area contributed by atoms with E-state index in [9.17, 15) is 9.90 Å². The van der Waals surface area contributed by atoms with Crippen molar-refractivity contribution in [1.29, 1.82) is 0 Å². The van der Waals surface area contributed by atoms with Gasteiger partial charge in [-0.1, -0.05) is 54.1 Å². The Labute approximate surface area is 167 Å². The Morgan fingerprint density at radius 1 is 0.964 bits per heavy atom. The molecule has 3 aromatic carbocycles. The molecule has 1 aromatic heterocycles. The monoisotopic (exact) mass is 388 g/mol. The summed E-state index contributed by atoms with van der Waals surface area (Å²) in [7, 11) is 0. The summed E-state index contributed by atoms with van der Waals surface area (Å²) in [6.07, 6.45) is 1.60. The molecule has 0 unspecified atom stereocenters. The molecule has 28 heavy (non-hydrogen) atoms. The van der Waals surface area contributed by atoms with Crippen molar-refractivity contribution in [2.75, 3.05) is 0 Å². The van der Waals surface area contributed by atoms with Gasteiger partial charge in [-0.3, -0.25) is 9.79 Å². The van der Waals surface area contributed by atoms with Crippen LogP contribution in [0.5, 0.6) is 5.88 Å². The first-order valence-electron chi connectivity index (χ1n) is 8.78. The Hall–Kier alpha value is -3.37. The quantitative estimate of drug-likeness (QED) is 0.477. The first-order valence-corrected chi connectivity index (χ1v) is 9.16. The lowest BCUT2D eigenvalue weighted by atomic mass is 10.1. The van der Waals surface area contributed by atoms with Crippen LogP contribution in [-0.4, -0.2) is 15.9 Å². The first kappa shape index (κ1) is 18.0. The van der Waals surface area contributed by atoms with E-state index in [-0.39, 0.29) is 11.4 Å². The second kappa shape index (κ2) is 7.33. The SMILES string of the molecule is Cc1ccccc1N=Cc1c(O)n(-c2cccc(Cl)c2)c(=O)c2ccccc12. The number of aromatic hydroxyl groups is 1. The number of pyridine rings is 1. The van der Waals surface area contributed by atoms with Gasteiger partial charge in [0, 0.05) is 22.0 Å². The highest BCUT2D eigenvalue weighted by Crippen LogP contribution is 2.28. The maximum Gasteiger partial charge on any atom is 0.265 e. The average Bonchev–Trinajstić information content (AvgIpc) is 2.69. The predicted octanol–water partition coefficient (Wildman–Crippen LogP) is 5.41. The van der Waals surface area contributed by atoms with E-state index in [4.69, 9.17) is 11.6 Å². The number of nitrogens with zero attached hydrogens (tertiary/aromatic N) is 2. The van der Waals surface area contributed by atoms with Gasteiger partial charge in [-0.25, -0.2) is 4.57 Å². The van der Waals surface area contributed by atoms with Crippen molar-refractivity contribution >= 4 is 34.3 Å². The molecule has 138 valence electrons. The molecule has 0 aliphatic carbocycles. The minimum absolute atomic E-state index is 0.177. The van der Waals surface area contributed by atoms with Crippen LogP contribution in [0.2, 0.25) is 5.02 Å². The highest BCUT2D eigenvalue weighted by molar-refractivity contribution is 6.30. The molecule has 0 bridgehead atoms. The summed E-state index contributed by atoms with van der Waals surface area (Å²) in [4.78, 5) is 17.6. The molecule has 4 nitrogen and oxygen atoms in total. The average molecular weight is 389 g/mol. The Bertz CT molecular complexity index is 1280. The Balaban J connectivity index is 2.01. The third kappa shape index (κ3) is 3.19. The Kier molecular flexibility index (Phi) is 4.72. The van der Waals surface area contributed by atoms with Crippen molar-refractivity contribution < 1.29 is 5.11 Å². The summed E-state index contributed by atoms with van der Waals surface area (Å²) in [5.74, 6) is -0.177. The number of fused-ring (bicyclic) bond motifs is 1. The topological polar surface area (TPSA) is 54.6 Å². The van der Waals surface area contributed by atoms with Crippen molar-refractivity contribution in [3.05, 3.63) is 99.3 Å². The highest BCUT2D eigenvalue weighted by Gasteiger charge is 2.16. The van der Waals surface area contributed by atoms with Gasteiger partial charge >= 0.3 is 0 Å². The minimum Gasteiger partial charge on any atom is -0.494 e. The molecule has 0 aliphatic rings. The van der Waals surface area contributed by atoms with E-state index in [0.29, 0.717) is 27.0 Å². The van der Waals surface area contributed by atoms with Gasteiger partial charge in [-0.15, -0.1) is 0 Å². The van der Waals surface area contributed by atoms with Gasteiger partial charge < -0.3 is 5.11 Å². The number of halogens is 1. The van der Waals surface area contributed by atoms with E-state index in [1.54, 1.807) is 48.7 Å². The molecule has 0 radical (unpaired) electrons. The summed E-state index contributed by atoms with van der Waals surface area (Å²) in [6, 6.07) is 21.7. The van der Waals surface area contributed by atoms with Gasteiger partial charge in [0.15, 0.2) is 0 Å². The molecule has 0 fully saturated rings. The van der Waals surface area contributed by atoms with Gasteiger partial charge in [-0.05, 0) is 42.8 Å². The molecule has 0 aliphatic heterocycles. The molecule has 0 saturated carbocycles. The molecule has 4 rings (SSSR count). The van der Waals surface area contributed by atoms with Crippen LogP contribution in [0, 0.1) is 6.92 Å². The minimum atomic E-state index is -0.316. The maximum absolute atomic E-state index is 13.1. The summed E-state index contributed by atoms with van der Waals surface area (Å²) >= 11 is 6.09. The largest absolute Gasteiger partial charge is 0.494 e. The predicted molar refractivity (Wildman–Crippen MR) is 115 cm³/mol. The summed E-state index contributed by atoms with van der Waals surface area (Å²) < 4.78 is 1.26. The van der Waals surface area contributed by atoms with Crippen LogP contribution >= 0.6 is 11.6 Å². The molecular weight excluding hydrogens is 372 g/mol. The lowest BCUT2D eigenvalue weighted by Gasteiger charge is -2.14. The molecule has 0 spiro atoms. The van der Waals surface area contributed by atoms with E-state index in [1.165, 1.54) is 4.57 Å². The summed E-state index contributed by atoms with van der Waals surface area (Å²) in [5, 5.41) is 12.6. The van der Waals surface area contributed by atoms with Crippen molar-refractivity contribution in [2.24, 2.45) is 4.99 Å². The fourth-order valence-corrected chi connectivity index (χ4v) is 3.37. The van der Waals surface area contributed by atoms with Crippen molar-refractivity contribution in [1.82, 2.24) is 4.57 Å². The van der Waals surface area contributed by atoms with Crippen LogP contribution in [0.1, 0.15) is 11.1 Å². The number of hydrogen-bond acceptors (Lipinski definition) is 3. The van der Waals surface area contributed by atoms with Crippen LogP contribution in [0.3, 0.4) is 0 Å². The third-order valence-electron chi connectivity index (χ3n) is 4.62. The number of aliphatic imine (C=N–C) groups is 1. The number of aromatic nitrogens is 1. The second-order valence-corrected chi connectivity index (χ2v) is 6.88. The van der Waals surface area contributed by atoms with Crippen LogP contribution in [0.4, 0.5) is 5.69 Å². The normalized spacial score (nSPS) is 11.4. The maximum atomic E-state index is 13.1. The number of benzene rings is 3. The Morgan fingerprint density at radius 3 is 2.43 bits per heavy atom.